The molecule has 8 heavy (non-hydrogen) atoms. The van der Waals surface area contributed by atoms with E-state index in [1.165, 1.54) is 0 Å². The van der Waals surface area contributed by atoms with E-state index in [4.69, 9.17) is 28.5 Å². The molecule has 0 saturated carbocycles. The van der Waals surface area contributed by atoms with Crippen molar-refractivity contribution >= 4 is 32.7 Å². The number of nitriles is 1. The third kappa shape index (κ3) is 6.29. The van der Waals surface area contributed by atoms with Crippen molar-refractivity contribution < 1.29 is 0 Å². The van der Waals surface area contributed by atoms with Crippen LogP contribution in [-0.2, 0) is 0 Å². The number of nitrogens with zero attached hydrogens (tertiary/aromatic N) is 1. The molecule has 0 heterocycles. The maximum absolute atomic E-state index is 8.07. The molecular formula is C4H7Cl2NSi. The minimum atomic E-state index is -0.357. The Morgan fingerprint density at radius 1 is 1.62 bits per heavy atom. The van der Waals surface area contributed by atoms with Gasteiger partial charge < -0.3 is 0 Å². The second kappa shape index (κ2) is 5.42. The minimum Gasteiger partial charge on any atom is -0.198 e. The second-order valence-corrected chi connectivity index (χ2v) is 5.85. The van der Waals surface area contributed by atoms with Crippen molar-refractivity contribution in [3.8, 4) is 6.07 Å². The SMILES string of the molecule is N#CCC[SiH2]C(Cl)Cl. The first-order valence-corrected chi connectivity index (χ1v) is 5.11. The van der Waals surface area contributed by atoms with Crippen LogP contribution in [0.25, 0.3) is 0 Å². The molecular weight excluding hydrogens is 161 g/mol. The molecule has 0 aliphatic carbocycles. The van der Waals surface area contributed by atoms with Crippen molar-refractivity contribution in [3.05, 3.63) is 0 Å². The van der Waals surface area contributed by atoms with E-state index >= 15 is 0 Å². The molecule has 4 heteroatoms. The van der Waals surface area contributed by atoms with Gasteiger partial charge in [-0.05, 0) is 6.04 Å². The third-order valence-corrected chi connectivity index (χ3v) is 3.22. The Labute approximate surface area is 61.4 Å². The fraction of sp³-hybridized carbons (Fsp3) is 0.750. The summed E-state index contributed by atoms with van der Waals surface area (Å²) in [5.74, 6) is 0. The van der Waals surface area contributed by atoms with Gasteiger partial charge in [-0.25, -0.2) is 0 Å². The normalized spacial score (nSPS) is 10.8. The average molecular weight is 168 g/mol. The highest BCUT2D eigenvalue weighted by Gasteiger charge is 1.96. The molecule has 0 aromatic carbocycles. The Balaban J connectivity index is 2.85. The van der Waals surface area contributed by atoms with Crippen LogP contribution in [0.1, 0.15) is 6.42 Å². The predicted molar refractivity (Wildman–Crippen MR) is 39.1 cm³/mol. The fourth-order valence-corrected chi connectivity index (χ4v) is 1.93. The van der Waals surface area contributed by atoms with Crippen LogP contribution in [0.4, 0.5) is 0 Å². The molecule has 0 unspecified atom stereocenters. The van der Waals surface area contributed by atoms with E-state index in [0.717, 1.165) is 6.04 Å². The van der Waals surface area contributed by atoms with Crippen molar-refractivity contribution in [1.29, 1.82) is 5.26 Å². The first-order valence-electron chi connectivity index (χ1n) is 2.42. The lowest BCUT2D eigenvalue weighted by molar-refractivity contribution is 1.20. The summed E-state index contributed by atoms with van der Waals surface area (Å²) in [5.41, 5.74) is 0. The Morgan fingerprint density at radius 2 is 2.25 bits per heavy atom. The van der Waals surface area contributed by atoms with E-state index in [-0.39, 0.29) is 14.0 Å². The molecule has 0 N–H and O–H groups in total. The molecule has 0 saturated heterocycles. The third-order valence-electron chi connectivity index (χ3n) is 0.711. The summed E-state index contributed by atoms with van der Waals surface area (Å²) in [6, 6.07) is 2.98. The number of halogens is 2. The number of hydrogen-bond donors (Lipinski definition) is 0. The lowest BCUT2D eigenvalue weighted by Gasteiger charge is -1.92. The van der Waals surface area contributed by atoms with Gasteiger partial charge in [0.05, 0.1) is 20.0 Å². The van der Waals surface area contributed by atoms with Gasteiger partial charge in [0.1, 0.15) is 0 Å². The highest BCUT2D eigenvalue weighted by molar-refractivity contribution is 6.68. The number of hydrogen-bond acceptors (Lipinski definition) is 1. The topological polar surface area (TPSA) is 23.8 Å². The van der Waals surface area contributed by atoms with Crippen LogP contribution in [0.15, 0.2) is 0 Å². The maximum Gasteiger partial charge on any atom is 0.0908 e. The summed E-state index contributed by atoms with van der Waals surface area (Å²) < 4.78 is -0.164. The monoisotopic (exact) mass is 167 g/mol. The van der Waals surface area contributed by atoms with Gasteiger partial charge in [0.15, 0.2) is 0 Å². The highest BCUT2D eigenvalue weighted by Crippen LogP contribution is 2.01. The molecule has 0 aliphatic rings. The van der Waals surface area contributed by atoms with Gasteiger partial charge >= 0.3 is 0 Å². The quantitative estimate of drug-likeness (QED) is 0.353. The summed E-state index contributed by atoms with van der Waals surface area (Å²) in [7, 11) is -0.357. The molecule has 0 atom stereocenters. The zero-order chi connectivity index (χ0) is 6.41. The Bertz CT molecular complexity index is 88.5. The first-order chi connectivity index (χ1) is 3.77. The smallest absolute Gasteiger partial charge is 0.0908 e. The van der Waals surface area contributed by atoms with Crippen molar-refractivity contribution in [2.45, 2.75) is 16.9 Å². The molecule has 0 aromatic heterocycles. The van der Waals surface area contributed by atoms with Gasteiger partial charge in [0.25, 0.3) is 0 Å². The van der Waals surface area contributed by atoms with Crippen LogP contribution in [0.2, 0.25) is 6.04 Å². The molecule has 0 bridgehead atoms. The van der Waals surface area contributed by atoms with Gasteiger partial charge in [-0.2, -0.15) is 5.26 Å². The summed E-state index contributed by atoms with van der Waals surface area (Å²) in [6.45, 7) is 0. The van der Waals surface area contributed by atoms with E-state index in [0.29, 0.717) is 6.42 Å². The highest BCUT2D eigenvalue weighted by atomic mass is 35.5. The number of rotatable bonds is 3. The molecule has 0 amide bonds. The summed E-state index contributed by atoms with van der Waals surface area (Å²) >= 11 is 10.9. The predicted octanol–water partition coefficient (Wildman–Crippen LogP) is 1.25. The summed E-state index contributed by atoms with van der Waals surface area (Å²) in [5, 5.41) is 8.07. The van der Waals surface area contributed by atoms with Crippen LogP contribution in [0.5, 0.6) is 0 Å². The van der Waals surface area contributed by atoms with E-state index in [2.05, 4.69) is 0 Å². The fourth-order valence-electron chi connectivity index (χ4n) is 0.335. The van der Waals surface area contributed by atoms with Crippen molar-refractivity contribution in [2.75, 3.05) is 0 Å². The molecule has 46 valence electrons. The molecule has 0 fully saturated rings. The second-order valence-electron chi connectivity index (χ2n) is 1.44. The van der Waals surface area contributed by atoms with Gasteiger partial charge in [0, 0.05) is 6.42 Å². The minimum absolute atomic E-state index is 0.164. The Morgan fingerprint density at radius 3 is 2.62 bits per heavy atom. The largest absolute Gasteiger partial charge is 0.198 e. The standard InChI is InChI=1S/C4H7Cl2NSi/c5-4(6)8-3-1-2-7/h4H,1,3,8H2. The molecule has 0 rings (SSSR count). The van der Waals surface area contributed by atoms with Crippen molar-refractivity contribution in [2.24, 2.45) is 0 Å². The van der Waals surface area contributed by atoms with Gasteiger partial charge in [0.2, 0.25) is 0 Å². The summed E-state index contributed by atoms with van der Waals surface area (Å²) in [4.78, 5) is 0. The lowest BCUT2D eigenvalue weighted by atomic mass is 10.6. The maximum atomic E-state index is 8.07. The number of alkyl halides is 2. The Kier molecular flexibility index (Phi) is 5.62. The summed E-state index contributed by atoms with van der Waals surface area (Å²) in [6.07, 6.45) is 0.613. The molecule has 1 nitrogen and oxygen atoms in total. The van der Waals surface area contributed by atoms with Gasteiger partial charge in [-0.1, -0.05) is 0 Å². The first kappa shape index (κ1) is 8.29. The zero-order valence-corrected chi connectivity index (χ0v) is 7.33. The van der Waals surface area contributed by atoms with E-state index in [9.17, 15) is 0 Å². The van der Waals surface area contributed by atoms with Crippen LogP contribution >= 0.6 is 23.2 Å². The van der Waals surface area contributed by atoms with Crippen molar-refractivity contribution in [3.63, 3.8) is 0 Å². The molecule has 0 spiro atoms. The van der Waals surface area contributed by atoms with Crippen LogP contribution in [-0.4, -0.2) is 14.0 Å². The Hall–Kier alpha value is 0.287. The van der Waals surface area contributed by atoms with Crippen LogP contribution < -0.4 is 0 Å². The van der Waals surface area contributed by atoms with E-state index in [1.807, 2.05) is 6.07 Å². The zero-order valence-electron chi connectivity index (χ0n) is 4.40. The molecule has 0 radical (unpaired) electrons. The molecule has 0 aliphatic heterocycles. The van der Waals surface area contributed by atoms with Gasteiger partial charge in [-0.15, -0.1) is 23.2 Å². The van der Waals surface area contributed by atoms with E-state index < -0.39 is 0 Å². The molecule has 0 aromatic rings. The van der Waals surface area contributed by atoms with Crippen LogP contribution in [0, 0.1) is 11.3 Å². The van der Waals surface area contributed by atoms with Crippen LogP contribution in [0.3, 0.4) is 0 Å². The van der Waals surface area contributed by atoms with Gasteiger partial charge in [-0.3, -0.25) is 0 Å². The lowest BCUT2D eigenvalue weighted by Crippen LogP contribution is -1.99. The van der Waals surface area contributed by atoms with Crippen molar-refractivity contribution in [1.82, 2.24) is 0 Å². The van der Waals surface area contributed by atoms with E-state index in [1.54, 1.807) is 0 Å². The average Bonchev–Trinajstić information content (AvgIpc) is 1.66.